The lowest BCUT2D eigenvalue weighted by Gasteiger charge is -2.22. The highest BCUT2D eigenvalue weighted by molar-refractivity contribution is 5.94. The van der Waals surface area contributed by atoms with Crippen LogP contribution in [0.4, 0.5) is 5.82 Å². The Labute approximate surface area is 152 Å². The Bertz CT molecular complexity index is 887. The lowest BCUT2D eigenvalue weighted by molar-refractivity contribution is 0.0737. The third-order valence-electron chi connectivity index (χ3n) is 4.11. The van der Waals surface area contributed by atoms with E-state index < -0.39 is 0 Å². The number of carbonyl (C=O) groups is 1. The monoisotopic (exact) mass is 350 g/mol. The molecule has 0 spiro atoms. The Hall–Kier alpha value is -3.22. The molecule has 0 saturated carbocycles. The summed E-state index contributed by atoms with van der Waals surface area (Å²) in [4.78, 5) is 27.4. The second kappa shape index (κ2) is 7.77. The van der Waals surface area contributed by atoms with Gasteiger partial charge in [0.15, 0.2) is 0 Å². The smallest absolute Gasteiger partial charge is 0.254 e. The van der Waals surface area contributed by atoms with Gasteiger partial charge in [-0.15, -0.1) is 0 Å². The van der Waals surface area contributed by atoms with Crippen molar-refractivity contribution in [3.8, 4) is 11.3 Å². The molecule has 0 fully saturated rings. The van der Waals surface area contributed by atoms with E-state index in [1.807, 2.05) is 47.0 Å². The largest absolute Gasteiger partial charge is 0.382 e. The molecule has 26 heavy (non-hydrogen) atoms. The second-order valence-electron chi connectivity index (χ2n) is 6.09. The predicted octanol–water partition coefficient (Wildman–Crippen LogP) is 2.51. The minimum atomic E-state index is -0.0138. The third-order valence-corrected chi connectivity index (χ3v) is 4.11. The van der Waals surface area contributed by atoms with Crippen molar-refractivity contribution in [3.63, 3.8) is 0 Å². The van der Waals surface area contributed by atoms with Crippen molar-refractivity contribution in [3.05, 3.63) is 60.4 Å². The molecule has 0 atom stereocenters. The van der Waals surface area contributed by atoms with Crippen LogP contribution < -0.4 is 5.73 Å². The summed E-state index contributed by atoms with van der Waals surface area (Å²) in [5.74, 6) is 1.21. The van der Waals surface area contributed by atoms with Crippen molar-refractivity contribution in [2.45, 2.75) is 19.9 Å². The number of carbonyl (C=O) groups excluding carboxylic acids is 1. The van der Waals surface area contributed by atoms with E-state index >= 15 is 0 Å². The molecule has 3 aromatic rings. The molecule has 0 unspecified atom stereocenters. The van der Waals surface area contributed by atoms with Crippen molar-refractivity contribution in [2.24, 2.45) is 7.05 Å². The lowest BCUT2D eigenvalue weighted by Crippen LogP contribution is -2.32. The Balaban J connectivity index is 1.79. The maximum absolute atomic E-state index is 12.9. The molecule has 2 N–H and O–H groups in total. The number of aromatic nitrogens is 4. The van der Waals surface area contributed by atoms with E-state index in [-0.39, 0.29) is 5.91 Å². The number of aryl methyl sites for hydroxylation is 1. The number of nitrogen functional groups attached to an aromatic ring is 1. The Kier molecular flexibility index (Phi) is 5.26. The van der Waals surface area contributed by atoms with E-state index in [1.165, 1.54) is 6.20 Å². The highest BCUT2D eigenvalue weighted by Gasteiger charge is 2.17. The average Bonchev–Trinajstić information content (AvgIpc) is 3.06. The van der Waals surface area contributed by atoms with E-state index in [9.17, 15) is 4.79 Å². The second-order valence-corrected chi connectivity index (χ2v) is 6.09. The molecular formula is C19H22N6O. The fourth-order valence-corrected chi connectivity index (χ4v) is 2.73. The van der Waals surface area contributed by atoms with Crippen molar-refractivity contribution in [2.75, 3.05) is 12.3 Å². The van der Waals surface area contributed by atoms with E-state index in [4.69, 9.17) is 5.73 Å². The minimum absolute atomic E-state index is 0.0138. The molecule has 0 saturated heterocycles. The van der Waals surface area contributed by atoms with Crippen molar-refractivity contribution in [1.82, 2.24) is 24.4 Å². The summed E-state index contributed by atoms with van der Waals surface area (Å²) in [6, 6.07) is 7.34. The minimum Gasteiger partial charge on any atom is -0.382 e. The Morgan fingerprint density at radius 1 is 1.23 bits per heavy atom. The molecule has 7 heteroatoms. The van der Waals surface area contributed by atoms with Crippen LogP contribution in [0.25, 0.3) is 11.3 Å². The standard InChI is InChI=1S/C19H22N6O/c1-3-9-25(13-18-22-8-10-24(18)2)19(26)15-6-4-14(5-7-15)16-11-21-12-17(20)23-16/h4-8,10-12H,3,9,13H2,1-2H3,(H2,20,23). The van der Waals surface area contributed by atoms with Gasteiger partial charge in [-0.2, -0.15) is 0 Å². The number of hydrogen-bond donors (Lipinski definition) is 1. The molecule has 0 aliphatic carbocycles. The Morgan fingerprint density at radius 2 is 2.00 bits per heavy atom. The highest BCUT2D eigenvalue weighted by Crippen LogP contribution is 2.19. The fraction of sp³-hybridized carbons (Fsp3) is 0.263. The number of rotatable bonds is 6. The molecular weight excluding hydrogens is 328 g/mol. The van der Waals surface area contributed by atoms with Crippen LogP contribution in [-0.4, -0.2) is 36.9 Å². The molecule has 0 aliphatic rings. The normalized spacial score (nSPS) is 10.7. The van der Waals surface area contributed by atoms with Gasteiger partial charge in [0.1, 0.15) is 11.6 Å². The zero-order chi connectivity index (χ0) is 18.5. The van der Waals surface area contributed by atoms with Gasteiger partial charge in [-0.3, -0.25) is 9.78 Å². The maximum atomic E-state index is 12.9. The highest BCUT2D eigenvalue weighted by atomic mass is 16.2. The Morgan fingerprint density at radius 3 is 2.62 bits per heavy atom. The topological polar surface area (TPSA) is 89.9 Å². The maximum Gasteiger partial charge on any atom is 0.254 e. The average molecular weight is 350 g/mol. The zero-order valence-corrected chi connectivity index (χ0v) is 15.0. The van der Waals surface area contributed by atoms with Crippen molar-refractivity contribution < 1.29 is 4.79 Å². The molecule has 7 nitrogen and oxygen atoms in total. The fourth-order valence-electron chi connectivity index (χ4n) is 2.73. The van der Waals surface area contributed by atoms with Crippen LogP contribution in [0.1, 0.15) is 29.5 Å². The summed E-state index contributed by atoms with van der Waals surface area (Å²) in [6.45, 7) is 3.22. The van der Waals surface area contributed by atoms with Gasteiger partial charge < -0.3 is 15.2 Å². The van der Waals surface area contributed by atoms with Crippen LogP contribution in [0, 0.1) is 0 Å². The van der Waals surface area contributed by atoms with Crippen LogP contribution in [0.3, 0.4) is 0 Å². The number of imidazole rings is 1. The van der Waals surface area contributed by atoms with Crippen LogP contribution >= 0.6 is 0 Å². The molecule has 2 aromatic heterocycles. The van der Waals surface area contributed by atoms with E-state index in [2.05, 4.69) is 21.9 Å². The summed E-state index contributed by atoms with van der Waals surface area (Å²) in [7, 11) is 1.93. The number of hydrogen-bond acceptors (Lipinski definition) is 5. The first kappa shape index (κ1) is 17.6. The van der Waals surface area contributed by atoms with Gasteiger partial charge in [-0.1, -0.05) is 19.1 Å². The molecule has 134 valence electrons. The van der Waals surface area contributed by atoms with Crippen LogP contribution in [0.15, 0.2) is 49.1 Å². The molecule has 3 rings (SSSR count). The van der Waals surface area contributed by atoms with Gasteiger partial charge in [0, 0.05) is 37.1 Å². The number of amides is 1. The van der Waals surface area contributed by atoms with E-state index in [0.717, 1.165) is 17.8 Å². The summed E-state index contributed by atoms with van der Waals surface area (Å²) in [6.07, 6.45) is 7.66. The van der Waals surface area contributed by atoms with E-state index in [1.54, 1.807) is 12.4 Å². The van der Waals surface area contributed by atoms with Gasteiger partial charge in [0.2, 0.25) is 0 Å². The quantitative estimate of drug-likeness (QED) is 0.738. The van der Waals surface area contributed by atoms with Crippen LogP contribution in [-0.2, 0) is 13.6 Å². The molecule has 0 radical (unpaired) electrons. The lowest BCUT2D eigenvalue weighted by atomic mass is 10.1. The number of anilines is 1. The predicted molar refractivity (Wildman–Crippen MR) is 100 cm³/mol. The van der Waals surface area contributed by atoms with Gasteiger partial charge in [-0.05, 0) is 18.6 Å². The first-order chi connectivity index (χ1) is 12.6. The van der Waals surface area contributed by atoms with Crippen molar-refractivity contribution in [1.29, 1.82) is 0 Å². The number of nitrogens with two attached hydrogens (primary N) is 1. The van der Waals surface area contributed by atoms with Crippen LogP contribution in [0.2, 0.25) is 0 Å². The molecule has 1 aromatic carbocycles. The van der Waals surface area contributed by atoms with Gasteiger partial charge >= 0.3 is 0 Å². The zero-order valence-electron chi connectivity index (χ0n) is 15.0. The SMILES string of the molecule is CCCN(Cc1nccn1C)C(=O)c1ccc(-c2cncc(N)n2)cc1. The molecule has 0 aliphatic heterocycles. The van der Waals surface area contributed by atoms with E-state index in [0.29, 0.717) is 30.2 Å². The summed E-state index contributed by atoms with van der Waals surface area (Å²) in [5.41, 5.74) is 7.86. The van der Waals surface area contributed by atoms with Crippen LogP contribution in [0.5, 0.6) is 0 Å². The first-order valence-electron chi connectivity index (χ1n) is 8.52. The van der Waals surface area contributed by atoms with Gasteiger partial charge in [0.05, 0.1) is 24.6 Å². The van der Waals surface area contributed by atoms with Gasteiger partial charge in [-0.25, -0.2) is 9.97 Å². The summed E-state index contributed by atoms with van der Waals surface area (Å²) < 4.78 is 1.93. The first-order valence-corrected chi connectivity index (χ1v) is 8.52. The van der Waals surface area contributed by atoms with Crippen molar-refractivity contribution >= 4 is 11.7 Å². The number of benzene rings is 1. The molecule has 2 heterocycles. The number of nitrogens with zero attached hydrogens (tertiary/aromatic N) is 5. The molecule has 1 amide bonds. The van der Waals surface area contributed by atoms with Gasteiger partial charge in [0.25, 0.3) is 5.91 Å². The third kappa shape index (κ3) is 3.88. The summed E-state index contributed by atoms with van der Waals surface area (Å²) in [5, 5.41) is 0. The molecule has 0 bridgehead atoms. The summed E-state index contributed by atoms with van der Waals surface area (Å²) >= 11 is 0.